The molecule has 2 aromatic carbocycles. The fourth-order valence-corrected chi connectivity index (χ4v) is 4.38. The van der Waals surface area contributed by atoms with Gasteiger partial charge in [-0.25, -0.2) is 0 Å². The van der Waals surface area contributed by atoms with Crippen LogP contribution >= 0.6 is 23.2 Å². The molecule has 0 bridgehead atoms. The molecule has 2 aliphatic rings. The first kappa shape index (κ1) is 18.8. The number of carbonyl (C=O) groups is 1. The number of nitrogens with zero attached hydrogens (tertiary/aromatic N) is 2. The Morgan fingerprint density at radius 2 is 1.81 bits per heavy atom. The lowest BCUT2D eigenvalue weighted by Crippen LogP contribution is -2.52. The average molecular weight is 405 g/mol. The van der Waals surface area contributed by atoms with Crippen LogP contribution in [0.2, 0.25) is 10.0 Å². The first-order valence-electron chi connectivity index (χ1n) is 9.25. The Hall–Kier alpha value is -1.59. The average Bonchev–Trinajstić information content (AvgIpc) is 2.68. The molecule has 2 heterocycles. The van der Waals surface area contributed by atoms with Crippen LogP contribution in [0.5, 0.6) is 0 Å². The van der Waals surface area contributed by atoms with E-state index in [1.807, 2.05) is 11.0 Å². The van der Waals surface area contributed by atoms with Crippen molar-refractivity contribution < 1.29 is 9.53 Å². The van der Waals surface area contributed by atoms with E-state index in [9.17, 15) is 4.79 Å². The third-order valence-electron chi connectivity index (χ3n) is 5.35. The smallest absolute Gasteiger partial charge is 0.255 e. The van der Waals surface area contributed by atoms with Crippen molar-refractivity contribution in [1.82, 2.24) is 9.80 Å². The Balaban J connectivity index is 1.62. The van der Waals surface area contributed by atoms with Crippen molar-refractivity contribution in [2.24, 2.45) is 0 Å². The summed E-state index contributed by atoms with van der Waals surface area (Å²) in [6.07, 6.45) is 0.852. The molecule has 0 aromatic heterocycles. The maximum atomic E-state index is 13.3. The van der Waals surface area contributed by atoms with Crippen LogP contribution in [0, 0.1) is 0 Å². The number of fused-ring (bicyclic) bond motifs is 1. The summed E-state index contributed by atoms with van der Waals surface area (Å²) in [6.45, 7) is 4.75. The van der Waals surface area contributed by atoms with Crippen LogP contribution < -0.4 is 0 Å². The molecule has 0 unspecified atom stereocenters. The van der Waals surface area contributed by atoms with Gasteiger partial charge in [-0.1, -0.05) is 47.5 Å². The highest BCUT2D eigenvalue weighted by molar-refractivity contribution is 6.36. The van der Waals surface area contributed by atoms with Crippen molar-refractivity contribution in [2.75, 3.05) is 32.8 Å². The maximum Gasteiger partial charge on any atom is 0.255 e. The lowest BCUT2D eigenvalue weighted by molar-refractivity contribution is 0.0193. The van der Waals surface area contributed by atoms with Gasteiger partial charge in [0, 0.05) is 37.2 Å². The molecule has 142 valence electrons. The Labute approximate surface area is 169 Å². The first-order chi connectivity index (χ1) is 13.1. The predicted octanol–water partition coefficient (Wildman–Crippen LogP) is 3.89. The second-order valence-corrected chi connectivity index (χ2v) is 7.94. The van der Waals surface area contributed by atoms with Gasteiger partial charge in [0.1, 0.15) is 0 Å². The van der Waals surface area contributed by atoms with Crippen molar-refractivity contribution in [3.05, 3.63) is 69.2 Å². The van der Waals surface area contributed by atoms with Crippen molar-refractivity contribution in [1.29, 1.82) is 0 Å². The molecule has 4 nitrogen and oxygen atoms in total. The van der Waals surface area contributed by atoms with E-state index < -0.39 is 0 Å². The molecule has 0 radical (unpaired) electrons. The minimum Gasteiger partial charge on any atom is -0.379 e. The summed E-state index contributed by atoms with van der Waals surface area (Å²) in [6, 6.07) is 13.5. The lowest BCUT2D eigenvalue weighted by Gasteiger charge is -2.40. The SMILES string of the molecule is O=C(c1ccc(Cl)cc1Cl)N1Cc2ccccc2C[C@H]1CN1CCOCC1. The van der Waals surface area contributed by atoms with E-state index in [4.69, 9.17) is 27.9 Å². The molecule has 6 heteroatoms. The molecule has 1 atom stereocenters. The van der Waals surface area contributed by atoms with Gasteiger partial charge in [0.05, 0.1) is 23.8 Å². The topological polar surface area (TPSA) is 32.8 Å². The zero-order chi connectivity index (χ0) is 18.8. The number of morpholine rings is 1. The van der Waals surface area contributed by atoms with Crippen molar-refractivity contribution in [3.8, 4) is 0 Å². The summed E-state index contributed by atoms with van der Waals surface area (Å²) in [5.41, 5.74) is 3.03. The zero-order valence-corrected chi connectivity index (χ0v) is 16.5. The number of halogens is 2. The Morgan fingerprint density at radius 3 is 2.56 bits per heavy atom. The summed E-state index contributed by atoms with van der Waals surface area (Å²) in [4.78, 5) is 17.7. The van der Waals surface area contributed by atoms with Crippen molar-refractivity contribution >= 4 is 29.1 Å². The molecule has 0 saturated carbocycles. The first-order valence-corrected chi connectivity index (χ1v) is 10.0. The van der Waals surface area contributed by atoms with Crippen LogP contribution in [0.3, 0.4) is 0 Å². The number of hydrogen-bond donors (Lipinski definition) is 0. The Morgan fingerprint density at radius 1 is 1.07 bits per heavy atom. The molecule has 2 aliphatic heterocycles. The maximum absolute atomic E-state index is 13.3. The highest BCUT2D eigenvalue weighted by Crippen LogP contribution is 2.29. The van der Waals surface area contributed by atoms with Crippen LogP contribution in [0.25, 0.3) is 0 Å². The zero-order valence-electron chi connectivity index (χ0n) is 15.0. The van der Waals surface area contributed by atoms with Crippen molar-refractivity contribution in [3.63, 3.8) is 0 Å². The largest absolute Gasteiger partial charge is 0.379 e. The number of ether oxygens (including phenoxy) is 1. The molecule has 2 aromatic rings. The molecule has 27 heavy (non-hydrogen) atoms. The molecule has 0 spiro atoms. The van der Waals surface area contributed by atoms with Gasteiger partial charge in [-0.05, 0) is 35.7 Å². The van der Waals surface area contributed by atoms with Crippen LogP contribution in [-0.4, -0.2) is 54.6 Å². The van der Waals surface area contributed by atoms with Crippen molar-refractivity contribution in [2.45, 2.75) is 19.0 Å². The molecular formula is C21H22Cl2N2O2. The summed E-state index contributed by atoms with van der Waals surface area (Å²) in [7, 11) is 0. The number of carbonyl (C=O) groups excluding carboxylic acids is 1. The number of hydrogen-bond acceptors (Lipinski definition) is 3. The van der Waals surface area contributed by atoms with Crippen LogP contribution in [-0.2, 0) is 17.7 Å². The van der Waals surface area contributed by atoms with Gasteiger partial charge in [-0.3, -0.25) is 9.69 Å². The van der Waals surface area contributed by atoms with Crippen LogP contribution in [0.1, 0.15) is 21.5 Å². The van der Waals surface area contributed by atoms with E-state index in [1.165, 1.54) is 11.1 Å². The molecule has 4 rings (SSSR count). The quantitative estimate of drug-likeness (QED) is 0.777. The number of amides is 1. The third kappa shape index (κ3) is 4.14. The van der Waals surface area contributed by atoms with Gasteiger partial charge < -0.3 is 9.64 Å². The molecule has 1 fully saturated rings. The van der Waals surface area contributed by atoms with E-state index in [2.05, 4.69) is 23.1 Å². The standard InChI is InChI=1S/C21H22Cl2N2O2/c22-17-5-6-19(20(23)12-17)21(26)25-13-16-4-2-1-3-15(16)11-18(25)14-24-7-9-27-10-8-24/h1-6,12,18H,7-11,13-14H2/t18-/m0/s1. The van der Waals surface area contributed by atoms with E-state index >= 15 is 0 Å². The second-order valence-electron chi connectivity index (χ2n) is 7.10. The van der Waals surface area contributed by atoms with Gasteiger partial charge in [0.2, 0.25) is 0 Å². The van der Waals surface area contributed by atoms with E-state index in [1.54, 1.807) is 18.2 Å². The molecular weight excluding hydrogens is 383 g/mol. The molecule has 0 aliphatic carbocycles. The van der Waals surface area contributed by atoms with Crippen LogP contribution in [0.4, 0.5) is 0 Å². The van der Waals surface area contributed by atoms with E-state index in [0.29, 0.717) is 22.2 Å². The highest BCUT2D eigenvalue weighted by atomic mass is 35.5. The van der Waals surface area contributed by atoms with Gasteiger partial charge in [0.25, 0.3) is 5.91 Å². The van der Waals surface area contributed by atoms with Gasteiger partial charge in [-0.2, -0.15) is 0 Å². The van der Waals surface area contributed by atoms with Gasteiger partial charge >= 0.3 is 0 Å². The fraction of sp³-hybridized carbons (Fsp3) is 0.381. The molecule has 1 amide bonds. The fourth-order valence-electron chi connectivity index (χ4n) is 3.89. The minimum atomic E-state index is -0.0376. The van der Waals surface area contributed by atoms with Gasteiger partial charge in [0.15, 0.2) is 0 Å². The summed E-state index contributed by atoms with van der Waals surface area (Å²) >= 11 is 12.3. The number of rotatable bonds is 3. The summed E-state index contributed by atoms with van der Waals surface area (Å²) in [5.74, 6) is -0.0376. The lowest BCUT2D eigenvalue weighted by atomic mass is 9.93. The highest BCUT2D eigenvalue weighted by Gasteiger charge is 2.32. The molecule has 1 saturated heterocycles. The minimum absolute atomic E-state index is 0.0376. The Kier molecular flexibility index (Phi) is 5.69. The normalized spacial score (nSPS) is 20.4. The second kappa shape index (κ2) is 8.19. The predicted molar refractivity (Wildman–Crippen MR) is 108 cm³/mol. The summed E-state index contributed by atoms with van der Waals surface area (Å²) in [5, 5.41) is 0.932. The third-order valence-corrected chi connectivity index (χ3v) is 5.90. The molecule has 0 N–H and O–H groups in total. The monoisotopic (exact) mass is 404 g/mol. The van der Waals surface area contributed by atoms with E-state index in [-0.39, 0.29) is 11.9 Å². The number of benzene rings is 2. The van der Waals surface area contributed by atoms with E-state index in [0.717, 1.165) is 39.3 Å². The van der Waals surface area contributed by atoms with Gasteiger partial charge in [-0.15, -0.1) is 0 Å². The summed E-state index contributed by atoms with van der Waals surface area (Å²) < 4.78 is 5.46. The van der Waals surface area contributed by atoms with Crippen LogP contribution in [0.15, 0.2) is 42.5 Å². The Bertz CT molecular complexity index is 837.